The van der Waals surface area contributed by atoms with Gasteiger partial charge in [-0.05, 0) is 19.4 Å². The summed E-state index contributed by atoms with van der Waals surface area (Å²) in [5, 5.41) is 11.6. The summed E-state index contributed by atoms with van der Waals surface area (Å²) in [6.07, 6.45) is -0.810. The van der Waals surface area contributed by atoms with Crippen molar-refractivity contribution < 1.29 is 23.6 Å². The lowest BCUT2D eigenvalue weighted by molar-refractivity contribution is -0.384. The Morgan fingerprint density at radius 3 is 2.63 bits per heavy atom. The van der Waals surface area contributed by atoms with E-state index in [-0.39, 0.29) is 22.4 Å². The van der Waals surface area contributed by atoms with Gasteiger partial charge in [0.2, 0.25) is 0 Å². The van der Waals surface area contributed by atoms with Crippen LogP contribution in [0.15, 0.2) is 21.7 Å². The minimum absolute atomic E-state index is 0.00634. The molecule has 3 rings (SSSR count). The molecule has 0 radical (unpaired) electrons. The van der Waals surface area contributed by atoms with E-state index >= 15 is 0 Å². The first-order valence-corrected chi connectivity index (χ1v) is 11.2. The second-order valence-corrected chi connectivity index (χ2v) is 8.77. The van der Waals surface area contributed by atoms with Crippen molar-refractivity contribution in [3.05, 3.63) is 43.0 Å². The Labute approximate surface area is 170 Å². The van der Waals surface area contributed by atoms with Crippen molar-refractivity contribution in [2.75, 3.05) is 31.2 Å². The lowest BCUT2D eigenvalue weighted by Crippen LogP contribution is -2.38. The summed E-state index contributed by atoms with van der Waals surface area (Å²) in [6, 6.07) is 2.52. The van der Waals surface area contributed by atoms with Crippen LogP contribution in [-0.4, -0.2) is 51.8 Å². The van der Waals surface area contributed by atoms with Gasteiger partial charge in [0.05, 0.1) is 35.3 Å². The van der Waals surface area contributed by atoms with Gasteiger partial charge in [0.15, 0.2) is 0 Å². The van der Waals surface area contributed by atoms with Crippen LogP contribution in [0, 0.1) is 10.1 Å². The molecule has 13 heteroatoms. The van der Waals surface area contributed by atoms with Crippen LogP contribution in [0.5, 0.6) is 0 Å². The molecule has 2 unspecified atom stereocenters. The number of fused-ring (bicyclic) bond motifs is 1. The second-order valence-electron chi connectivity index (χ2n) is 7.01. The first-order chi connectivity index (χ1) is 14.1. The van der Waals surface area contributed by atoms with Crippen LogP contribution in [0.4, 0.5) is 11.4 Å². The maximum absolute atomic E-state index is 12.5. The van der Waals surface area contributed by atoms with Gasteiger partial charge in [0.1, 0.15) is 12.0 Å². The molecule has 2 N–H and O–H groups in total. The lowest BCUT2D eigenvalue weighted by atomic mass is 10.2. The largest absolute Gasteiger partial charge is 0.378 e. The molecule has 0 bridgehead atoms. The van der Waals surface area contributed by atoms with Gasteiger partial charge in [-0.25, -0.2) is 0 Å². The molecule has 0 spiro atoms. The summed E-state index contributed by atoms with van der Waals surface area (Å²) < 4.78 is 23.8. The fraction of sp³-hybridized carbons (Fsp3) is 0.529. The summed E-state index contributed by atoms with van der Waals surface area (Å²) >= 11 is 0. The number of nitrogens with one attached hydrogen (secondary N) is 1. The minimum atomic E-state index is -4.27. The number of nitrogens with zero attached hydrogens (tertiary/aromatic N) is 3. The topological polar surface area (TPSA) is 157 Å². The first-order valence-electron chi connectivity index (χ1n) is 9.41. The SMILES string of the molecule is CCC(C)OP(=O)(O)Cn1c(=O)c(=O)[nH]c2cc([N+](=O)[O-])c(N3CCOCC3)cc21. The number of H-pyrrole nitrogens is 1. The fourth-order valence-corrected chi connectivity index (χ4v) is 4.63. The molecule has 30 heavy (non-hydrogen) atoms. The summed E-state index contributed by atoms with van der Waals surface area (Å²) in [7, 11) is -4.27. The van der Waals surface area contributed by atoms with Gasteiger partial charge in [0, 0.05) is 19.2 Å². The number of anilines is 1. The molecule has 1 fully saturated rings. The van der Waals surface area contributed by atoms with Crippen molar-refractivity contribution in [3.8, 4) is 0 Å². The predicted molar refractivity (Wildman–Crippen MR) is 109 cm³/mol. The van der Waals surface area contributed by atoms with Crippen LogP contribution in [0.2, 0.25) is 0 Å². The molecule has 1 aromatic heterocycles. The monoisotopic (exact) mass is 442 g/mol. The molecule has 2 atom stereocenters. The molecule has 1 aromatic carbocycles. The van der Waals surface area contributed by atoms with Crippen molar-refractivity contribution in [2.24, 2.45) is 0 Å². The van der Waals surface area contributed by atoms with E-state index < -0.39 is 36.0 Å². The number of nitro benzene ring substituents is 1. The third-order valence-corrected chi connectivity index (χ3v) is 6.19. The zero-order valence-corrected chi connectivity index (χ0v) is 17.5. The number of morpholine rings is 1. The van der Waals surface area contributed by atoms with E-state index in [9.17, 15) is 29.2 Å². The molecule has 164 valence electrons. The van der Waals surface area contributed by atoms with Gasteiger partial charge in [-0.15, -0.1) is 0 Å². The van der Waals surface area contributed by atoms with E-state index in [1.54, 1.807) is 18.7 Å². The van der Waals surface area contributed by atoms with Crippen molar-refractivity contribution >= 4 is 30.0 Å². The molecule has 0 aliphatic carbocycles. The van der Waals surface area contributed by atoms with Crippen molar-refractivity contribution in [3.63, 3.8) is 0 Å². The summed E-state index contributed by atoms with van der Waals surface area (Å²) in [4.78, 5) is 49.9. The normalized spacial score (nSPS) is 17.6. The smallest absolute Gasteiger partial charge is 0.348 e. The van der Waals surface area contributed by atoms with Crippen LogP contribution < -0.4 is 16.0 Å². The molecule has 1 aliphatic rings. The van der Waals surface area contributed by atoms with Crippen LogP contribution in [0.25, 0.3) is 11.0 Å². The van der Waals surface area contributed by atoms with Crippen LogP contribution in [0.1, 0.15) is 20.3 Å². The quantitative estimate of drug-likeness (QED) is 0.280. The van der Waals surface area contributed by atoms with E-state index in [0.29, 0.717) is 32.7 Å². The number of nitro groups is 1. The third kappa shape index (κ3) is 4.62. The lowest BCUT2D eigenvalue weighted by Gasteiger charge is -2.28. The van der Waals surface area contributed by atoms with E-state index in [0.717, 1.165) is 10.6 Å². The zero-order chi connectivity index (χ0) is 22.1. The van der Waals surface area contributed by atoms with E-state index in [1.165, 1.54) is 6.07 Å². The van der Waals surface area contributed by atoms with Crippen molar-refractivity contribution in [2.45, 2.75) is 32.7 Å². The number of ether oxygens (including phenoxy) is 1. The standard InChI is InChI=1S/C17H23N4O8P/c1-3-11(2)29-30(26,27)10-20-13-9-14(19-4-6-28-7-5-19)15(21(24)25)8-12(13)18-16(22)17(20)23/h8-9,11H,3-7,10H2,1-2H3,(H,18,22)(H,26,27). The molecule has 2 aromatic rings. The number of hydrogen-bond donors (Lipinski definition) is 2. The van der Waals surface area contributed by atoms with E-state index in [4.69, 9.17) is 9.26 Å². The highest BCUT2D eigenvalue weighted by molar-refractivity contribution is 7.51. The average Bonchev–Trinajstić information content (AvgIpc) is 2.70. The molecule has 12 nitrogen and oxygen atoms in total. The van der Waals surface area contributed by atoms with Gasteiger partial charge >= 0.3 is 18.7 Å². The van der Waals surface area contributed by atoms with Gasteiger partial charge < -0.3 is 24.0 Å². The Morgan fingerprint density at radius 1 is 1.37 bits per heavy atom. The summed E-state index contributed by atoms with van der Waals surface area (Å²) in [6.45, 7) is 4.93. The summed E-state index contributed by atoms with van der Waals surface area (Å²) in [5.41, 5.74) is -2.04. The van der Waals surface area contributed by atoms with Gasteiger partial charge in [-0.3, -0.25) is 28.8 Å². The Kier molecular flexibility index (Phi) is 6.41. The number of aromatic nitrogens is 2. The van der Waals surface area contributed by atoms with Crippen molar-refractivity contribution in [1.82, 2.24) is 9.55 Å². The van der Waals surface area contributed by atoms with Crippen LogP contribution in [-0.2, 0) is 20.1 Å². The highest BCUT2D eigenvalue weighted by Crippen LogP contribution is 2.45. The van der Waals surface area contributed by atoms with E-state index in [1.807, 2.05) is 0 Å². The van der Waals surface area contributed by atoms with Crippen molar-refractivity contribution in [1.29, 1.82) is 0 Å². The molecular weight excluding hydrogens is 419 g/mol. The maximum atomic E-state index is 12.5. The first kappa shape index (κ1) is 22.2. The number of rotatable bonds is 7. The van der Waals surface area contributed by atoms with E-state index in [2.05, 4.69) is 4.98 Å². The Balaban J connectivity index is 2.20. The zero-order valence-electron chi connectivity index (χ0n) is 16.6. The number of aromatic amines is 1. The third-order valence-electron chi connectivity index (χ3n) is 4.86. The molecule has 2 heterocycles. The Bertz CT molecular complexity index is 1120. The second kappa shape index (κ2) is 8.68. The minimum Gasteiger partial charge on any atom is -0.378 e. The molecule has 0 amide bonds. The highest BCUT2D eigenvalue weighted by atomic mass is 31.2. The molecular formula is C17H23N4O8P. The molecule has 0 saturated carbocycles. The highest BCUT2D eigenvalue weighted by Gasteiger charge is 2.28. The fourth-order valence-electron chi connectivity index (χ4n) is 3.21. The van der Waals surface area contributed by atoms with Gasteiger partial charge in [0.25, 0.3) is 5.69 Å². The molecule has 1 aliphatic heterocycles. The Morgan fingerprint density at radius 2 is 2.03 bits per heavy atom. The van der Waals surface area contributed by atoms with Crippen LogP contribution >= 0.6 is 7.60 Å². The number of benzene rings is 1. The summed E-state index contributed by atoms with van der Waals surface area (Å²) in [5.74, 6) is 0. The van der Waals surface area contributed by atoms with Gasteiger partial charge in [-0.2, -0.15) is 0 Å². The average molecular weight is 442 g/mol. The maximum Gasteiger partial charge on any atom is 0.348 e. The Hall–Kier alpha value is -2.53. The van der Waals surface area contributed by atoms with Gasteiger partial charge in [-0.1, -0.05) is 6.92 Å². The predicted octanol–water partition coefficient (Wildman–Crippen LogP) is 1.39. The number of hydrogen-bond acceptors (Lipinski definition) is 8. The molecule has 1 saturated heterocycles. The van der Waals surface area contributed by atoms with Crippen LogP contribution in [0.3, 0.4) is 0 Å².